The van der Waals surface area contributed by atoms with Gasteiger partial charge >= 0.3 is 11.9 Å². The summed E-state index contributed by atoms with van der Waals surface area (Å²) in [6, 6.07) is 7.88. The number of hydrogen-bond acceptors (Lipinski definition) is 5. The molecule has 1 aromatic rings. The van der Waals surface area contributed by atoms with Crippen LogP contribution in [0.5, 0.6) is 5.75 Å². The zero-order valence-electron chi connectivity index (χ0n) is 16.6. The molecule has 0 aliphatic carbocycles. The van der Waals surface area contributed by atoms with E-state index in [9.17, 15) is 9.59 Å². The van der Waals surface area contributed by atoms with Crippen molar-refractivity contribution in [2.24, 2.45) is 5.41 Å². The highest BCUT2D eigenvalue weighted by Crippen LogP contribution is 2.36. The Hall–Kier alpha value is -2.04. The molecule has 0 bridgehead atoms. The molecular formula is C22H32O5. The maximum Gasteiger partial charge on any atom is 0.323 e. The summed E-state index contributed by atoms with van der Waals surface area (Å²) in [5.41, 5.74) is -0.0856. The van der Waals surface area contributed by atoms with Crippen molar-refractivity contribution in [1.29, 1.82) is 0 Å². The fourth-order valence-corrected chi connectivity index (χ4v) is 3.35. The van der Waals surface area contributed by atoms with Crippen LogP contribution in [0.2, 0.25) is 0 Å². The van der Waals surface area contributed by atoms with Crippen LogP contribution in [-0.4, -0.2) is 31.8 Å². The monoisotopic (exact) mass is 376 g/mol. The third-order valence-corrected chi connectivity index (χ3v) is 5.10. The minimum absolute atomic E-state index is 0.262. The van der Waals surface area contributed by atoms with Crippen molar-refractivity contribution in [3.05, 3.63) is 29.8 Å². The predicted octanol–water partition coefficient (Wildman–Crippen LogP) is 4.46. The Morgan fingerprint density at radius 1 is 1.11 bits per heavy atom. The van der Waals surface area contributed by atoms with Crippen LogP contribution in [-0.2, 0) is 25.5 Å². The highest BCUT2D eigenvalue weighted by atomic mass is 16.6. The lowest BCUT2D eigenvalue weighted by Gasteiger charge is -2.22. The van der Waals surface area contributed by atoms with E-state index in [-0.39, 0.29) is 13.2 Å². The van der Waals surface area contributed by atoms with Crippen LogP contribution in [0.25, 0.3) is 0 Å². The maximum atomic E-state index is 12.3. The number of ether oxygens (including phenoxy) is 3. The Kier molecular flexibility index (Phi) is 8.62. The predicted molar refractivity (Wildman–Crippen MR) is 104 cm³/mol. The van der Waals surface area contributed by atoms with Crippen molar-refractivity contribution in [3.63, 3.8) is 0 Å². The van der Waals surface area contributed by atoms with Crippen molar-refractivity contribution in [1.82, 2.24) is 0 Å². The lowest BCUT2D eigenvalue weighted by atomic mass is 9.81. The quantitative estimate of drug-likeness (QED) is 0.306. The van der Waals surface area contributed by atoms with Crippen LogP contribution in [0.15, 0.2) is 24.3 Å². The zero-order chi connectivity index (χ0) is 19.5. The van der Waals surface area contributed by atoms with E-state index in [1.807, 2.05) is 24.3 Å². The molecule has 1 aliphatic rings. The van der Waals surface area contributed by atoms with Gasteiger partial charge in [-0.1, -0.05) is 44.7 Å². The van der Waals surface area contributed by atoms with Crippen LogP contribution in [0.4, 0.5) is 0 Å². The van der Waals surface area contributed by atoms with Gasteiger partial charge in [0.15, 0.2) is 5.41 Å². The van der Waals surface area contributed by atoms with E-state index >= 15 is 0 Å². The third kappa shape index (κ3) is 5.98. The highest BCUT2D eigenvalue weighted by molar-refractivity contribution is 6.01. The van der Waals surface area contributed by atoms with Gasteiger partial charge < -0.3 is 14.2 Å². The summed E-state index contributed by atoms with van der Waals surface area (Å²) >= 11 is 0. The van der Waals surface area contributed by atoms with Crippen molar-refractivity contribution >= 4 is 11.9 Å². The standard InChI is InChI=1S/C22H32O5/c1-3-5-6-7-8-16-26-19-11-9-18(10-12-19)13-14-22(20(23)25-4-2)15-17-27-21(22)24/h9-12H,3-8,13-17H2,1-2H3. The van der Waals surface area contributed by atoms with Gasteiger partial charge in [-0.2, -0.15) is 0 Å². The minimum Gasteiger partial charge on any atom is -0.494 e. The first-order valence-corrected chi connectivity index (χ1v) is 10.2. The molecule has 27 heavy (non-hydrogen) atoms. The Morgan fingerprint density at radius 3 is 2.48 bits per heavy atom. The molecule has 5 heteroatoms. The molecule has 5 nitrogen and oxygen atoms in total. The fourth-order valence-electron chi connectivity index (χ4n) is 3.35. The van der Waals surface area contributed by atoms with Crippen molar-refractivity contribution in [3.8, 4) is 5.75 Å². The van der Waals surface area contributed by atoms with E-state index in [0.29, 0.717) is 19.3 Å². The molecule has 1 saturated heterocycles. The number of unbranched alkanes of at least 4 members (excludes halogenated alkanes) is 4. The van der Waals surface area contributed by atoms with Crippen LogP contribution in [0.3, 0.4) is 0 Å². The van der Waals surface area contributed by atoms with Crippen LogP contribution in [0.1, 0.15) is 64.4 Å². The molecule has 150 valence electrons. The fraction of sp³-hybridized carbons (Fsp3) is 0.636. The Balaban J connectivity index is 1.83. The number of aryl methyl sites for hydroxylation is 1. The molecule has 0 radical (unpaired) electrons. The number of hydrogen-bond donors (Lipinski definition) is 0. The smallest absolute Gasteiger partial charge is 0.323 e. The average Bonchev–Trinajstić information content (AvgIpc) is 3.05. The van der Waals surface area contributed by atoms with Crippen molar-refractivity contribution in [2.45, 2.75) is 65.2 Å². The van der Waals surface area contributed by atoms with E-state index < -0.39 is 17.4 Å². The van der Waals surface area contributed by atoms with Crippen molar-refractivity contribution in [2.75, 3.05) is 19.8 Å². The van der Waals surface area contributed by atoms with Gasteiger partial charge in [-0.05, 0) is 43.9 Å². The van der Waals surface area contributed by atoms with Crippen LogP contribution >= 0.6 is 0 Å². The first-order valence-electron chi connectivity index (χ1n) is 10.2. The second-order valence-electron chi connectivity index (χ2n) is 7.10. The van der Waals surface area contributed by atoms with Gasteiger partial charge in [-0.15, -0.1) is 0 Å². The number of carbonyl (C=O) groups is 2. The van der Waals surface area contributed by atoms with Crippen molar-refractivity contribution < 1.29 is 23.8 Å². The molecule has 2 rings (SSSR count). The summed E-state index contributed by atoms with van der Waals surface area (Å²) in [6.07, 6.45) is 7.50. The first-order chi connectivity index (χ1) is 13.1. The number of cyclic esters (lactones) is 1. The van der Waals surface area contributed by atoms with Gasteiger partial charge in [0.25, 0.3) is 0 Å². The molecule has 0 aromatic heterocycles. The Morgan fingerprint density at radius 2 is 1.85 bits per heavy atom. The Bertz CT molecular complexity index is 595. The lowest BCUT2D eigenvalue weighted by Crippen LogP contribution is -2.38. The van der Waals surface area contributed by atoms with Gasteiger partial charge in [-0.3, -0.25) is 9.59 Å². The molecule has 1 aromatic carbocycles. The van der Waals surface area contributed by atoms with E-state index in [1.165, 1.54) is 25.7 Å². The van der Waals surface area contributed by atoms with E-state index in [1.54, 1.807) is 6.92 Å². The molecule has 1 fully saturated rings. The number of esters is 2. The molecular weight excluding hydrogens is 344 g/mol. The van der Waals surface area contributed by atoms with Gasteiger partial charge in [0.1, 0.15) is 5.75 Å². The summed E-state index contributed by atoms with van der Waals surface area (Å²) in [7, 11) is 0. The van der Waals surface area contributed by atoms with Crippen LogP contribution < -0.4 is 4.74 Å². The second-order valence-corrected chi connectivity index (χ2v) is 7.10. The molecule has 0 saturated carbocycles. The topological polar surface area (TPSA) is 61.8 Å². The highest BCUT2D eigenvalue weighted by Gasteiger charge is 2.52. The summed E-state index contributed by atoms with van der Waals surface area (Å²) in [6.45, 7) is 5.23. The third-order valence-electron chi connectivity index (χ3n) is 5.10. The molecule has 1 aliphatic heterocycles. The second kappa shape index (κ2) is 11.0. The minimum atomic E-state index is -1.15. The zero-order valence-corrected chi connectivity index (χ0v) is 16.6. The largest absolute Gasteiger partial charge is 0.494 e. The summed E-state index contributed by atoms with van der Waals surface area (Å²) in [4.78, 5) is 24.5. The number of rotatable bonds is 12. The summed E-state index contributed by atoms with van der Waals surface area (Å²) < 4.78 is 16.0. The SMILES string of the molecule is CCCCCCCOc1ccc(CCC2(C(=O)OCC)CCOC2=O)cc1. The summed E-state index contributed by atoms with van der Waals surface area (Å²) in [5.74, 6) is -0.0610. The molecule has 1 unspecified atom stereocenters. The van der Waals surface area contributed by atoms with Gasteiger partial charge in [0.05, 0.1) is 19.8 Å². The van der Waals surface area contributed by atoms with Gasteiger partial charge in [-0.25, -0.2) is 0 Å². The van der Waals surface area contributed by atoms with E-state index in [2.05, 4.69) is 6.92 Å². The number of carbonyl (C=O) groups excluding carboxylic acids is 2. The molecule has 1 atom stereocenters. The molecule has 0 amide bonds. The molecule has 0 N–H and O–H groups in total. The Labute approximate surface area is 162 Å². The van der Waals surface area contributed by atoms with Gasteiger partial charge in [0.2, 0.25) is 0 Å². The normalized spacial score (nSPS) is 19.0. The van der Waals surface area contributed by atoms with E-state index in [0.717, 1.165) is 24.3 Å². The number of benzene rings is 1. The summed E-state index contributed by atoms with van der Waals surface area (Å²) in [5, 5.41) is 0. The van der Waals surface area contributed by atoms with Crippen LogP contribution in [0, 0.1) is 5.41 Å². The van der Waals surface area contributed by atoms with E-state index in [4.69, 9.17) is 14.2 Å². The molecule has 1 heterocycles. The maximum absolute atomic E-state index is 12.3. The lowest BCUT2D eigenvalue weighted by molar-refractivity contribution is -0.164. The molecule has 0 spiro atoms. The van der Waals surface area contributed by atoms with Gasteiger partial charge in [0, 0.05) is 6.42 Å². The average molecular weight is 376 g/mol. The first kappa shape index (κ1) is 21.3.